The Balaban J connectivity index is 2.42. The predicted octanol–water partition coefficient (Wildman–Crippen LogP) is 3.59. The van der Waals surface area contributed by atoms with Crippen molar-refractivity contribution in [3.63, 3.8) is 0 Å². The highest BCUT2D eigenvalue weighted by molar-refractivity contribution is 9.10. The first kappa shape index (κ1) is 20.4. The number of methoxy groups -OCH3 is 3. The molecule has 0 aliphatic rings. The van der Waals surface area contributed by atoms with Crippen LogP contribution in [0.5, 0.6) is 11.5 Å². The van der Waals surface area contributed by atoms with Gasteiger partial charge in [-0.05, 0) is 24.3 Å². The molecule has 0 saturated heterocycles. The molecule has 0 saturated carbocycles. The summed E-state index contributed by atoms with van der Waals surface area (Å²) < 4.78 is 16.8. The fourth-order valence-electron chi connectivity index (χ4n) is 2.85. The zero-order valence-corrected chi connectivity index (χ0v) is 17.4. The Morgan fingerprint density at radius 2 is 1.69 bits per heavy atom. The van der Waals surface area contributed by atoms with Gasteiger partial charge in [0.2, 0.25) is 0 Å². The van der Waals surface area contributed by atoms with Crippen LogP contribution in [0.2, 0.25) is 0 Å². The van der Waals surface area contributed by atoms with Gasteiger partial charge in [0.05, 0.1) is 27.0 Å². The fraction of sp³-hybridized carbons (Fsp3) is 0.150. The van der Waals surface area contributed by atoms with Gasteiger partial charge in [0.1, 0.15) is 11.3 Å². The summed E-state index contributed by atoms with van der Waals surface area (Å²) in [5.41, 5.74) is 0.470. The molecule has 0 amide bonds. The minimum Gasteiger partial charge on any atom is -0.504 e. The molecule has 0 bridgehead atoms. The summed E-state index contributed by atoms with van der Waals surface area (Å²) in [7, 11) is 3.79. The van der Waals surface area contributed by atoms with E-state index in [1.54, 1.807) is 42.5 Å². The van der Waals surface area contributed by atoms with Crippen LogP contribution < -0.4 is 4.74 Å². The van der Waals surface area contributed by atoms with Gasteiger partial charge < -0.3 is 19.3 Å². The van der Waals surface area contributed by atoms with Crippen molar-refractivity contribution in [2.45, 2.75) is 0 Å². The largest absolute Gasteiger partial charge is 0.504 e. The second-order valence-corrected chi connectivity index (χ2v) is 6.72. The van der Waals surface area contributed by atoms with Gasteiger partial charge in [-0.1, -0.05) is 34.1 Å². The number of hydrogen-bond acceptors (Lipinski definition) is 7. The molecule has 0 atom stereocenters. The Hall–Kier alpha value is -3.33. The molecule has 9 heteroatoms. The predicted molar refractivity (Wildman–Crippen MR) is 108 cm³/mol. The first-order chi connectivity index (χ1) is 13.9. The summed E-state index contributed by atoms with van der Waals surface area (Å²) in [6.45, 7) is 0. The van der Waals surface area contributed by atoms with E-state index < -0.39 is 11.9 Å². The molecule has 29 heavy (non-hydrogen) atoms. The maximum absolute atomic E-state index is 12.6. The summed E-state index contributed by atoms with van der Waals surface area (Å²) in [5, 5.41) is 15.1. The van der Waals surface area contributed by atoms with E-state index in [2.05, 4.69) is 21.0 Å². The van der Waals surface area contributed by atoms with Gasteiger partial charge in [-0.15, -0.1) is 0 Å². The Labute approximate surface area is 174 Å². The standard InChI is InChI=1S/C20H17BrN2O6/c1-27-14-10-11(21)9-13(18(14)24)16-15(19(25)28-2)17(20(26)29-3)23(22-16)12-7-5-4-6-8-12/h4-10,24H,1-3H3. The molecule has 0 unspecified atom stereocenters. The van der Waals surface area contributed by atoms with E-state index in [0.29, 0.717) is 10.2 Å². The number of nitrogens with zero attached hydrogens (tertiary/aromatic N) is 2. The Bertz CT molecular complexity index is 1080. The first-order valence-electron chi connectivity index (χ1n) is 8.34. The minimum atomic E-state index is -0.805. The molecule has 0 spiro atoms. The van der Waals surface area contributed by atoms with E-state index in [1.165, 1.54) is 26.0 Å². The number of para-hydroxylation sites is 1. The summed E-state index contributed by atoms with van der Waals surface area (Å²) >= 11 is 3.34. The van der Waals surface area contributed by atoms with Crippen molar-refractivity contribution in [2.24, 2.45) is 0 Å². The lowest BCUT2D eigenvalue weighted by Gasteiger charge is -2.09. The Kier molecular flexibility index (Phi) is 5.88. The van der Waals surface area contributed by atoms with Crippen LogP contribution in [0.3, 0.4) is 0 Å². The van der Waals surface area contributed by atoms with Crippen LogP contribution in [0, 0.1) is 0 Å². The molecule has 2 aromatic carbocycles. The number of aromatic nitrogens is 2. The molecule has 1 aromatic heterocycles. The normalized spacial score (nSPS) is 10.5. The van der Waals surface area contributed by atoms with E-state index in [-0.39, 0.29) is 34.0 Å². The number of benzene rings is 2. The SMILES string of the molecule is COC(=O)c1c(-c2cc(Br)cc(OC)c2O)nn(-c2ccccc2)c1C(=O)OC. The van der Waals surface area contributed by atoms with Crippen LogP contribution in [0.25, 0.3) is 16.9 Å². The van der Waals surface area contributed by atoms with Crippen LogP contribution in [-0.4, -0.2) is 48.2 Å². The number of esters is 2. The maximum atomic E-state index is 12.6. The third kappa shape index (κ3) is 3.68. The van der Waals surface area contributed by atoms with Crippen LogP contribution >= 0.6 is 15.9 Å². The van der Waals surface area contributed by atoms with Crippen molar-refractivity contribution in [1.82, 2.24) is 9.78 Å². The van der Waals surface area contributed by atoms with E-state index in [1.807, 2.05) is 0 Å². The summed E-state index contributed by atoms with van der Waals surface area (Å²) in [6, 6.07) is 11.9. The number of hydrogen-bond donors (Lipinski definition) is 1. The number of aromatic hydroxyl groups is 1. The second-order valence-electron chi connectivity index (χ2n) is 5.81. The minimum absolute atomic E-state index is 0.0400. The maximum Gasteiger partial charge on any atom is 0.357 e. The number of ether oxygens (including phenoxy) is 3. The molecular formula is C20H17BrN2O6. The van der Waals surface area contributed by atoms with Crippen LogP contribution in [-0.2, 0) is 9.47 Å². The van der Waals surface area contributed by atoms with Crippen LogP contribution in [0.1, 0.15) is 20.8 Å². The third-order valence-electron chi connectivity index (χ3n) is 4.17. The van der Waals surface area contributed by atoms with Gasteiger partial charge in [-0.3, -0.25) is 0 Å². The van der Waals surface area contributed by atoms with Crippen molar-refractivity contribution in [2.75, 3.05) is 21.3 Å². The first-order valence-corrected chi connectivity index (χ1v) is 9.14. The topological polar surface area (TPSA) is 99.9 Å². The van der Waals surface area contributed by atoms with Crippen LogP contribution in [0.4, 0.5) is 0 Å². The highest BCUT2D eigenvalue weighted by Gasteiger charge is 2.32. The quantitative estimate of drug-likeness (QED) is 0.580. The van der Waals surface area contributed by atoms with Crippen molar-refractivity contribution in [3.05, 3.63) is 58.2 Å². The van der Waals surface area contributed by atoms with Crippen LogP contribution in [0.15, 0.2) is 46.9 Å². The molecule has 0 aliphatic carbocycles. The summed E-state index contributed by atoms with van der Waals surface area (Å²) in [6.07, 6.45) is 0. The fourth-order valence-corrected chi connectivity index (χ4v) is 3.29. The van der Waals surface area contributed by atoms with E-state index in [9.17, 15) is 14.7 Å². The second kappa shape index (κ2) is 8.36. The smallest absolute Gasteiger partial charge is 0.357 e. The van der Waals surface area contributed by atoms with Gasteiger partial charge in [-0.2, -0.15) is 5.10 Å². The van der Waals surface area contributed by atoms with Crippen molar-refractivity contribution >= 4 is 27.9 Å². The summed E-state index contributed by atoms with van der Waals surface area (Å²) in [4.78, 5) is 25.2. The average Bonchev–Trinajstić information content (AvgIpc) is 3.14. The van der Waals surface area contributed by atoms with Gasteiger partial charge in [0, 0.05) is 10.0 Å². The molecule has 8 nitrogen and oxygen atoms in total. The van der Waals surface area contributed by atoms with Gasteiger partial charge >= 0.3 is 11.9 Å². The van der Waals surface area contributed by atoms with Crippen molar-refractivity contribution in [3.8, 4) is 28.4 Å². The lowest BCUT2D eigenvalue weighted by molar-refractivity contribution is 0.0549. The lowest BCUT2D eigenvalue weighted by atomic mass is 10.0. The Morgan fingerprint density at radius 3 is 2.28 bits per heavy atom. The molecular weight excluding hydrogens is 444 g/mol. The number of phenolic OH excluding ortho intramolecular Hbond substituents is 1. The number of halogens is 1. The molecule has 3 rings (SSSR count). The summed E-state index contributed by atoms with van der Waals surface area (Å²) in [5.74, 6) is -1.66. The average molecular weight is 461 g/mol. The number of phenols is 1. The van der Waals surface area contributed by atoms with Gasteiger partial charge in [0.25, 0.3) is 0 Å². The van der Waals surface area contributed by atoms with E-state index in [0.717, 1.165) is 0 Å². The molecule has 1 N–H and O–H groups in total. The van der Waals surface area contributed by atoms with E-state index >= 15 is 0 Å². The molecule has 0 radical (unpaired) electrons. The third-order valence-corrected chi connectivity index (χ3v) is 4.63. The number of rotatable bonds is 5. The monoisotopic (exact) mass is 460 g/mol. The highest BCUT2D eigenvalue weighted by Crippen LogP contribution is 2.41. The lowest BCUT2D eigenvalue weighted by Crippen LogP contribution is -2.15. The van der Waals surface area contributed by atoms with Gasteiger partial charge in [0.15, 0.2) is 17.2 Å². The molecule has 1 heterocycles. The van der Waals surface area contributed by atoms with Crippen molar-refractivity contribution in [1.29, 1.82) is 0 Å². The zero-order chi connectivity index (χ0) is 21.1. The highest BCUT2D eigenvalue weighted by atomic mass is 79.9. The van der Waals surface area contributed by atoms with Gasteiger partial charge in [-0.25, -0.2) is 14.3 Å². The molecule has 0 fully saturated rings. The Morgan fingerprint density at radius 1 is 1.03 bits per heavy atom. The zero-order valence-electron chi connectivity index (χ0n) is 15.8. The van der Waals surface area contributed by atoms with E-state index in [4.69, 9.17) is 14.2 Å². The van der Waals surface area contributed by atoms with Crippen molar-refractivity contribution < 1.29 is 28.9 Å². The number of carbonyl (C=O) groups excluding carboxylic acids is 2. The molecule has 150 valence electrons. The molecule has 3 aromatic rings. The molecule has 0 aliphatic heterocycles. The number of carbonyl (C=O) groups is 2.